The lowest BCUT2D eigenvalue weighted by molar-refractivity contribution is -0.116. The van der Waals surface area contributed by atoms with Crippen molar-refractivity contribution in [3.63, 3.8) is 0 Å². The lowest BCUT2D eigenvalue weighted by Gasteiger charge is -2.08. The van der Waals surface area contributed by atoms with Crippen LogP contribution in [0.3, 0.4) is 0 Å². The van der Waals surface area contributed by atoms with Gasteiger partial charge in [0.2, 0.25) is 5.91 Å². The van der Waals surface area contributed by atoms with Crippen molar-refractivity contribution in [3.8, 4) is 11.5 Å². The topological polar surface area (TPSA) is 77.1 Å². The molecule has 2 heterocycles. The molecule has 0 fully saturated rings. The van der Waals surface area contributed by atoms with Crippen molar-refractivity contribution in [2.24, 2.45) is 0 Å². The number of hydrogen-bond donors (Lipinski definition) is 1. The van der Waals surface area contributed by atoms with Crippen molar-refractivity contribution in [2.75, 3.05) is 5.32 Å². The van der Waals surface area contributed by atoms with E-state index in [4.69, 9.17) is 4.42 Å². The maximum atomic E-state index is 12.1. The highest BCUT2D eigenvalue weighted by Crippen LogP contribution is 2.14. The largest absolute Gasteiger partial charge is 0.463 e. The molecule has 0 radical (unpaired) electrons. The SMILES string of the molecule is Cc1cccc(NC(=O)Cn2cnc(-c3ccco3)cc2=O)c1. The summed E-state index contributed by atoms with van der Waals surface area (Å²) in [7, 11) is 0. The monoisotopic (exact) mass is 309 g/mol. The smallest absolute Gasteiger partial charge is 0.254 e. The van der Waals surface area contributed by atoms with E-state index in [0.717, 1.165) is 5.56 Å². The average molecular weight is 309 g/mol. The van der Waals surface area contributed by atoms with Crippen LogP contribution >= 0.6 is 0 Å². The van der Waals surface area contributed by atoms with Crippen molar-refractivity contribution in [2.45, 2.75) is 13.5 Å². The molecule has 1 amide bonds. The van der Waals surface area contributed by atoms with E-state index in [1.165, 1.54) is 23.2 Å². The number of nitrogens with zero attached hydrogens (tertiary/aromatic N) is 2. The number of anilines is 1. The van der Waals surface area contributed by atoms with Gasteiger partial charge in [0.1, 0.15) is 12.2 Å². The van der Waals surface area contributed by atoms with E-state index in [9.17, 15) is 9.59 Å². The molecule has 0 aliphatic rings. The zero-order valence-electron chi connectivity index (χ0n) is 12.5. The molecule has 3 rings (SSSR count). The minimum Gasteiger partial charge on any atom is -0.463 e. The number of furan rings is 1. The Kier molecular flexibility index (Phi) is 4.05. The average Bonchev–Trinajstić information content (AvgIpc) is 3.03. The van der Waals surface area contributed by atoms with Gasteiger partial charge in [-0.2, -0.15) is 0 Å². The highest BCUT2D eigenvalue weighted by Gasteiger charge is 2.08. The summed E-state index contributed by atoms with van der Waals surface area (Å²) >= 11 is 0. The second-order valence-corrected chi connectivity index (χ2v) is 5.14. The van der Waals surface area contributed by atoms with Gasteiger partial charge < -0.3 is 9.73 Å². The maximum absolute atomic E-state index is 12.1. The summed E-state index contributed by atoms with van der Waals surface area (Å²) in [6, 6.07) is 12.2. The molecule has 0 unspecified atom stereocenters. The number of amides is 1. The number of benzene rings is 1. The summed E-state index contributed by atoms with van der Waals surface area (Å²) in [4.78, 5) is 28.3. The van der Waals surface area contributed by atoms with Crippen LogP contribution in [0.25, 0.3) is 11.5 Å². The van der Waals surface area contributed by atoms with Crippen LogP contribution in [0.15, 0.2) is 64.3 Å². The minimum absolute atomic E-state index is 0.0990. The maximum Gasteiger partial charge on any atom is 0.254 e. The normalized spacial score (nSPS) is 10.5. The van der Waals surface area contributed by atoms with Gasteiger partial charge in [-0.25, -0.2) is 4.98 Å². The Morgan fingerprint density at radius 2 is 2.13 bits per heavy atom. The molecule has 6 nitrogen and oxygen atoms in total. The van der Waals surface area contributed by atoms with Crippen molar-refractivity contribution < 1.29 is 9.21 Å². The summed E-state index contributed by atoms with van der Waals surface area (Å²) in [5.74, 6) is 0.226. The predicted octanol–water partition coefficient (Wildman–Crippen LogP) is 2.45. The third kappa shape index (κ3) is 3.55. The van der Waals surface area contributed by atoms with E-state index >= 15 is 0 Å². The molecule has 23 heavy (non-hydrogen) atoms. The molecule has 0 aliphatic heterocycles. The Balaban J connectivity index is 1.73. The lowest BCUT2D eigenvalue weighted by Crippen LogP contribution is -2.27. The molecule has 116 valence electrons. The number of nitrogens with one attached hydrogen (secondary N) is 1. The Morgan fingerprint density at radius 1 is 1.26 bits per heavy atom. The van der Waals surface area contributed by atoms with Crippen molar-refractivity contribution in [3.05, 3.63) is 71.0 Å². The van der Waals surface area contributed by atoms with Crippen LogP contribution in [0.5, 0.6) is 0 Å². The zero-order chi connectivity index (χ0) is 16.2. The van der Waals surface area contributed by atoms with Crippen molar-refractivity contribution >= 4 is 11.6 Å². The molecule has 0 aliphatic carbocycles. The molecule has 0 spiro atoms. The molecule has 0 bridgehead atoms. The van der Waals surface area contributed by atoms with Crippen molar-refractivity contribution in [1.82, 2.24) is 9.55 Å². The number of aromatic nitrogens is 2. The van der Waals surface area contributed by atoms with Crippen LogP contribution in [-0.4, -0.2) is 15.5 Å². The zero-order valence-corrected chi connectivity index (χ0v) is 12.5. The van der Waals surface area contributed by atoms with Crippen LogP contribution < -0.4 is 10.9 Å². The van der Waals surface area contributed by atoms with Crippen LogP contribution in [-0.2, 0) is 11.3 Å². The van der Waals surface area contributed by atoms with E-state index in [2.05, 4.69) is 10.3 Å². The highest BCUT2D eigenvalue weighted by atomic mass is 16.3. The standard InChI is InChI=1S/C17H15N3O3/c1-12-4-2-5-13(8-12)19-16(21)10-20-11-18-14(9-17(20)22)15-6-3-7-23-15/h2-9,11H,10H2,1H3,(H,19,21). The van der Waals surface area contributed by atoms with Gasteiger partial charge >= 0.3 is 0 Å². The summed E-state index contributed by atoms with van der Waals surface area (Å²) in [6.45, 7) is 1.84. The van der Waals surface area contributed by atoms with E-state index < -0.39 is 0 Å². The predicted molar refractivity (Wildman–Crippen MR) is 86.0 cm³/mol. The molecule has 1 aromatic carbocycles. The molecule has 3 aromatic rings. The first-order valence-corrected chi connectivity index (χ1v) is 7.09. The summed E-state index contributed by atoms with van der Waals surface area (Å²) < 4.78 is 6.44. The van der Waals surface area contributed by atoms with Gasteiger partial charge in [-0.05, 0) is 36.8 Å². The first-order valence-electron chi connectivity index (χ1n) is 7.09. The molecule has 6 heteroatoms. The van der Waals surface area contributed by atoms with E-state index in [0.29, 0.717) is 17.1 Å². The fraction of sp³-hybridized carbons (Fsp3) is 0.118. The first kappa shape index (κ1) is 14.8. The Hall–Kier alpha value is -3.15. The molecule has 0 atom stereocenters. The van der Waals surface area contributed by atoms with Gasteiger partial charge in [-0.3, -0.25) is 14.2 Å². The van der Waals surface area contributed by atoms with Gasteiger partial charge in [-0.1, -0.05) is 12.1 Å². The Morgan fingerprint density at radius 3 is 2.83 bits per heavy atom. The molecule has 0 saturated heterocycles. The van der Waals surface area contributed by atoms with Crippen LogP contribution in [0.1, 0.15) is 5.56 Å². The highest BCUT2D eigenvalue weighted by molar-refractivity contribution is 5.90. The van der Waals surface area contributed by atoms with Crippen LogP contribution in [0, 0.1) is 6.92 Å². The molecule has 1 N–H and O–H groups in total. The van der Waals surface area contributed by atoms with Crippen molar-refractivity contribution in [1.29, 1.82) is 0 Å². The second kappa shape index (κ2) is 6.31. The lowest BCUT2D eigenvalue weighted by atomic mass is 10.2. The number of carbonyl (C=O) groups is 1. The van der Waals surface area contributed by atoms with Gasteiger partial charge in [-0.15, -0.1) is 0 Å². The van der Waals surface area contributed by atoms with Crippen LogP contribution in [0.2, 0.25) is 0 Å². The molecule has 2 aromatic heterocycles. The van der Waals surface area contributed by atoms with E-state index in [-0.39, 0.29) is 18.0 Å². The third-order valence-corrected chi connectivity index (χ3v) is 3.27. The quantitative estimate of drug-likeness (QED) is 0.803. The minimum atomic E-state index is -0.314. The summed E-state index contributed by atoms with van der Waals surface area (Å²) in [6.07, 6.45) is 2.86. The molecular formula is C17H15N3O3. The molecule has 0 saturated carbocycles. The fourth-order valence-corrected chi connectivity index (χ4v) is 2.18. The fourth-order valence-electron chi connectivity index (χ4n) is 2.18. The summed E-state index contributed by atoms with van der Waals surface area (Å²) in [5.41, 5.74) is 1.87. The number of hydrogen-bond acceptors (Lipinski definition) is 4. The third-order valence-electron chi connectivity index (χ3n) is 3.27. The summed E-state index contributed by atoms with van der Waals surface area (Å²) in [5, 5.41) is 2.76. The van der Waals surface area contributed by atoms with E-state index in [1.54, 1.807) is 18.2 Å². The second-order valence-electron chi connectivity index (χ2n) is 5.14. The number of aryl methyl sites for hydroxylation is 1. The van der Waals surface area contributed by atoms with Gasteiger partial charge in [0.05, 0.1) is 12.6 Å². The molecular weight excluding hydrogens is 294 g/mol. The van der Waals surface area contributed by atoms with Gasteiger partial charge in [0, 0.05) is 11.8 Å². The van der Waals surface area contributed by atoms with E-state index in [1.807, 2.05) is 25.1 Å². The van der Waals surface area contributed by atoms with Crippen LogP contribution in [0.4, 0.5) is 5.69 Å². The van der Waals surface area contributed by atoms with Gasteiger partial charge in [0.25, 0.3) is 5.56 Å². The number of rotatable bonds is 4. The van der Waals surface area contributed by atoms with Gasteiger partial charge in [0.15, 0.2) is 5.76 Å². The Bertz CT molecular complexity index is 882. The Labute approximate surface area is 132 Å². The number of carbonyl (C=O) groups excluding carboxylic acids is 1. The first-order chi connectivity index (χ1) is 11.1.